The topological polar surface area (TPSA) is 41.9 Å². The Bertz CT molecular complexity index is 829. The summed E-state index contributed by atoms with van der Waals surface area (Å²) in [6, 6.07) is 17.4. The van der Waals surface area contributed by atoms with E-state index < -0.39 is 0 Å². The lowest BCUT2D eigenvalue weighted by Gasteiger charge is -2.09. The third kappa shape index (κ3) is 4.31. The summed E-state index contributed by atoms with van der Waals surface area (Å²) in [7, 11) is 1.75. The average molecular weight is 352 g/mol. The molecule has 4 nitrogen and oxygen atoms in total. The van der Waals surface area contributed by atoms with Gasteiger partial charge in [0.2, 0.25) is 0 Å². The van der Waals surface area contributed by atoms with Crippen molar-refractivity contribution in [1.82, 2.24) is 4.90 Å². The molecule has 1 saturated heterocycles. The van der Waals surface area contributed by atoms with Gasteiger partial charge in [0, 0.05) is 7.05 Å². The van der Waals surface area contributed by atoms with Gasteiger partial charge in [0.1, 0.15) is 5.75 Å². The number of nitrogens with zero attached hydrogens (tertiary/aromatic N) is 2. The van der Waals surface area contributed by atoms with Crippen LogP contribution in [0.15, 0.2) is 64.5 Å². The summed E-state index contributed by atoms with van der Waals surface area (Å²) in [4.78, 5) is 19.3. The van der Waals surface area contributed by atoms with E-state index in [1.165, 1.54) is 11.8 Å². The van der Waals surface area contributed by atoms with E-state index in [2.05, 4.69) is 4.99 Å². The fourth-order valence-corrected chi connectivity index (χ4v) is 3.35. The molecule has 1 aliphatic heterocycles. The van der Waals surface area contributed by atoms with Crippen molar-refractivity contribution in [3.63, 3.8) is 0 Å². The van der Waals surface area contributed by atoms with Crippen LogP contribution in [0.5, 0.6) is 5.75 Å². The Morgan fingerprint density at radius 3 is 2.60 bits per heavy atom. The zero-order chi connectivity index (χ0) is 17.8. The first-order valence-corrected chi connectivity index (χ1v) is 8.92. The first-order chi connectivity index (χ1) is 12.0. The number of likely N-dealkylation sites (N-methyl/N-ethyl adjacent to an activating group) is 1. The van der Waals surface area contributed by atoms with Crippen LogP contribution in [-0.4, -0.2) is 29.1 Å². The molecule has 128 valence electrons. The highest BCUT2D eigenvalue weighted by molar-refractivity contribution is 8.18. The van der Waals surface area contributed by atoms with Crippen LogP contribution in [0.25, 0.3) is 6.08 Å². The van der Waals surface area contributed by atoms with Crippen molar-refractivity contribution in [3.05, 3.63) is 65.1 Å². The molecule has 0 radical (unpaired) electrons. The van der Waals surface area contributed by atoms with E-state index in [1.54, 1.807) is 11.9 Å². The summed E-state index contributed by atoms with van der Waals surface area (Å²) in [6.45, 7) is 3.98. The summed E-state index contributed by atoms with van der Waals surface area (Å²) in [5.74, 6) is 0.751. The molecule has 0 N–H and O–H groups in total. The van der Waals surface area contributed by atoms with Gasteiger partial charge in [-0.15, -0.1) is 0 Å². The summed E-state index contributed by atoms with van der Waals surface area (Å²) >= 11 is 1.38. The zero-order valence-corrected chi connectivity index (χ0v) is 15.3. The molecule has 1 amide bonds. The second-order valence-electron chi connectivity index (χ2n) is 5.94. The quantitative estimate of drug-likeness (QED) is 0.749. The number of amidine groups is 1. The number of ether oxygens (including phenoxy) is 1. The smallest absolute Gasteiger partial charge is 0.266 e. The first-order valence-electron chi connectivity index (χ1n) is 8.11. The van der Waals surface area contributed by atoms with Crippen molar-refractivity contribution in [3.8, 4) is 5.75 Å². The van der Waals surface area contributed by atoms with Crippen LogP contribution in [0, 0.1) is 0 Å². The molecule has 2 aromatic rings. The third-order valence-corrected chi connectivity index (χ3v) is 4.57. The van der Waals surface area contributed by atoms with Crippen LogP contribution < -0.4 is 4.74 Å². The Morgan fingerprint density at radius 1 is 1.12 bits per heavy atom. The van der Waals surface area contributed by atoms with Gasteiger partial charge in [0.25, 0.3) is 5.91 Å². The van der Waals surface area contributed by atoms with Gasteiger partial charge >= 0.3 is 0 Å². The van der Waals surface area contributed by atoms with Gasteiger partial charge in [0.05, 0.1) is 16.7 Å². The van der Waals surface area contributed by atoms with Crippen molar-refractivity contribution in [1.29, 1.82) is 0 Å². The molecular weight excluding hydrogens is 332 g/mol. The summed E-state index contributed by atoms with van der Waals surface area (Å²) in [5, 5.41) is 0.678. The fraction of sp³-hybridized carbons (Fsp3) is 0.200. The number of rotatable bonds is 4. The number of hydrogen-bond acceptors (Lipinski definition) is 4. The molecule has 2 aromatic carbocycles. The lowest BCUT2D eigenvalue weighted by molar-refractivity contribution is -0.121. The summed E-state index contributed by atoms with van der Waals surface area (Å²) in [5.41, 5.74) is 1.77. The number of carbonyl (C=O) groups excluding carboxylic acids is 1. The van der Waals surface area contributed by atoms with Crippen molar-refractivity contribution in [2.45, 2.75) is 20.0 Å². The molecule has 0 aromatic heterocycles. The molecule has 25 heavy (non-hydrogen) atoms. The maximum Gasteiger partial charge on any atom is 0.266 e. The highest BCUT2D eigenvalue weighted by Gasteiger charge is 2.30. The van der Waals surface area contributed by atoms with E-state index in [1.807, 2.05) is 74.5 Å². The van der Waals surface area contributed by atoms with E-state index in [9.17, 15) is 4.79 Å². The molecule has 0 bridgehead atoms. The van der Waals surface area contributed by atoms with Gasteiger partial charge in [-0.25, -0.2) is 4.99 Å². The molecule has 0 aliphatic carbocycles. The van der Waals surface area contributed by atoms with Gasteiger partial charge in [-0.3, -0.25) is 9.69 Å². The molecule has 0 unspecified atom stereocenters. The highest BCUT2D eigenvalue weighted by atomic mass is 32.2. The third-order valence-electron chi connectivity index (χ3n) is 3.51. The van der Waals surface area contributed by atoms with Crippen LogP contribution >= 0.6 is 11.8 Å². The molecular formula is C20H20N2O2S. The van der Waals surface area contributed by atoms with Crippen LogP contribution in [0.4, 0.5) is 5.69 Å². The number of para-hydroxylation sites is 1. The molecule has 5 heteroatoms. The largest absolute Gasteiger partial charge is 0.491 e. The predicted molar refractivity (Wildman–Crippen MR) is 104 cm³/mol. The number of carbonyl (C=O) groups is 1. The second-order valence-corrected chi connectivity index (χ2v) is 6.95. The van der Waals surface area contributed by atoms with E-state index in [4.69, 9.17) is 4.74 Å². The van der Waals surface area contributed by atoms with Crippen LogP contribution in [0.3, 0.4) is 0 Å². The fourth-order valence-electron chi connectivity index (χ4n) is 2.37. The molecule has 1 aliphatic rings. The molecule has 1 heterocycles. The Kier molecular flexibility index (Phi) is 5.24. The molecule has 0 spiro atoms. The minimum atomic E-state index is -0.0464. The SMILES string of the molecule is CC(C)Oc1cccc(/C=C2/SC(=Nc3ccccc3)N(C)C2=O)c1. The summed E-state index contributed by atoms with van der Waals surface area (Å²) < 4.78 is 5.71. The number of benzene rings is 2. The number of amides is 1. The van der Waals surface area contributed by atoms with E-state index in [-0.39, 0.29) is 12.0 Å². The molecule has 0 atom stereocenters. The van der Waals surface area contributed by atoms with Crippen LogP contribution in [0.2, 0.25) is 0 Å². The Hall–Kier alpha value is -2.53. The van der Waals surface area contributed by atoms with Crippen molar-refractivity contribution in [2.24, 2.45) is 4.99 Å². The van der Waals surface area contributed by atoms with Gasteiger partial charge in [-0.2, -0.15) is 0 Å². The lowest BCUT2D eigenvalue weighted by Crippen LogP contribution is -2.23. The zero-order valence-electron chi connectivity index (χ0n) is 14.5. The van der Waals surface area contributed by atoms with E-state index in [0.29, 0.717) is 10.1 Å². The maximum atomic E-state index is 12.5. The number of aliphatic imine (C=N–C) groups is 1. The Labute approximate surface area is 152 Å². The lowest BCUT2D eigenvalue weighted by atomic mass is 10.2. The van der Waals surface area contributed by atoms with Gasteiger partial charge in [-0.1, -0.05) is 30.3 Å². The van der Waals surface area contributed by atoms with Crippen molar-refractivity contribution < 1.29 is 9.53 Å². The molecule has 0 saturated carbocycles. The Balaban J connectivity index is 1.85. The predicted octanol–water partition coefficient (Wildman–Crippen LogP) is 4.71. The van der Waals surface area contributed by atoms with Crippen molar-refractivity contribution >= 4 is 34.6 Å². The van der Waals surface area contributed by atoms with Crippen LogP contribution in [-0.2, 0) is 4.79 Å². The van der Waals surface area contributed by atoms with Gasteiger partial charge in [-0.05, 0) is 61.5 Å². The standard InChI is InChI=1S/C20H20N2O2S/c1-14(2)24-17-11-7-8-15(12-17)13-18-19(23)22(3)20(25-18)21-16-9-5-4-6-10-16/h4-14H,1-3H3/b18-13+,21-20?. The van der Waals surface area contributed by atoms with E-state index >= 15 is 0 Å². The van der Waals surface area contributed by atoms with Crippen LogP contribution in [0.1, 0.15) is 19.4 Å². The minimum Gasteiger partial charge on any atom is -0.491 e. The number of hydrogen-bond donors (Lipinski definition) is 0. The summed E-state index contributed by atoms with van der Waals surface area (Å²) in [6.07, 6.45) is 1.99. The first kappa shape index (κ1) is 17.3. The molecule has 3 rings (SSSR count). The second kappa shape index (κ2) is 7.57. The van der Waals surface area contributed by atoms with Crippen molar-refractivity contribution in [2.75, 3.05) is 7.05 Å². The molecule has 1 fully saturated rings. The van der Waals surface area contributed by atoms with Gasteiger partial charge < -0.3 is 4.74 Å². The average Bonchev–Trinajstić information content (AvgIpc) is 2.84. The maximum absolute atomic E-state index is 12.5. The normalized spacial score (nSPS) is 17.8. The minimum absolute atomic E-state index is 0.0464. The Morgan fingerprint density at radius 2 is 1.88 bits per heavy atom. The number of thioether (sulfide) groups is 1. The van der Waals surface area contributed by atoms with E-state index in [0.717, 1.165) is 17.0 Å². The highest BCUT2D eigenvalue weighted by Crippen LogP contribution is 2.33. The van der Waals surface area contributed by atoms with Gasteiger partial charge in [0.15, 0.2) is 5.17 Å². The monoisotopic (exact) mass is 352 g/mol.